The van der Waals surface area contributed by atoms with Crippen molar-refractivity contribution in [2.45, 2.75) is 45.1 Å². The summed E-state index contributed by atoms with van der Waals surface area (Å²) in [5.41, 5.74) is 0. The molecule has 1 aliphatic carbocycles. The Morgan fingerprint density at radius 3 is 2.44 bits per heavy atom. The van der Waals surface area contributed by atoms with E-state index in [1.807, 2.05) is 6.92 Å². The molecule has 0 heterocycles. The molecule has 5 nitrogen and oxygen atoms in total. The van der Waals surface area contributed by atoms with E-state index < -0.39 is 5.97 Å². The normalized spacial score (nSPS) is 16.8. The molecule has 2 amide bonds. The number of carboxylic acid groups (broad SMARTS) is 1. The maximum Gasteiger partial charge on any atom is 0.323 e. The molecule has 0 saturated heterocycles. The van der Waals surface area contributed by atoms with E-state index in [-0.39, 0.29) is 18.6 Å². The number of hydrogen-bond donors (Lipinski definition) is 2. The number of aliphatic carboxylic acids is 1. The average molecular weight is 228 g/mol. The van der Waals surface area contributed by atoms with Crippen LogP contribution in [0.1, 0.15) is 39.0 Å². The summed E-state index contributed by atoms with van der Waals surface area (Å²) in [6.07, 6.45) is 5.63. The van der Waals surface area contributed by atoms with E-state index in [9.17, 15) is 9.59 Å². The summed E-state index contributed by atoms with van der Waals surface area (Å²) in [5.74, 6) is -1.01. The van der Waals surface area contributed by atoms with E-state index in [2.05, 4.69) is 5.32 Å². The molecule has 0 aromatic heterocycles. The summed E-state index contributed by atoms with van der Waals surface area (Å²) >= 11 is 0. The molecular formula is C11H20N2O3. The van der Waals surface area contributed by atoms with Gasteiger partial charge in [-0.1, -0.05) is 19.3 Å². The van der Waals surface area contributed by atoms with Crippen molar-refractivity contribution in [2.24, 2.45) is 0 Å². The Kier molecular flexibility index (Phi) is 5.08. The Balaban J connectivity index is 2.44. The maximum atomic E-state index is 11.7. The lowest BCUT2D eigenvalue weighted by Crippen LogP contribution is -2.47. The molecule has 1 saturated carbocycles. The first-order chi connectivity index (χ1) is 7.65. The van der Waals surface area contributed by atoms with Gasteiger partial charge in [0.25, 0.3) is 0 Å². The molecule has 1 aliphatic rings. The van der Waals surface area contributed by atoms with E-state index in [0.29, 0.717) is 6.54 Å². The van der Waals surface area contributed by atoms with Crippen LogP contribution >= 0.6 is 0 Å². The van der Waals surface area contributed by atoms with Gasteiger partial charge in [0, 0.05) is 12.6 Å². The standard InChI is InChI=1S/C11H20N2O3/c1-2-13(9-6-4-3-5-7-9)11(16)12-8-10(14)15/h9H,2-8H2,1H3,(H,12,16)(H,14,15). The second-order valence-corrected chi connectivity index (χ2v) is 4.13. The van der Waals surface area contributed by atoms with E-state index in [0.717, 1.165) is 25.7 Å². The lowest BCUT2D eigenvalue weighted by molar-refractivity contribution is -0.135. The van der Waals surface area contributed by atoms with Crippen LogP contribution in [0.3, 0.4) is 0 Å². The van der Waals surface area contributed by atoms with Gasteiger partial charge < -0.3 is 15.3 Å². The molecule has 1 fully saturated rings. The summed E-state index contributed by atoms with van der Waals surface area (Å²) in [5, 5.41) is 10.9. The number of carbonyl (C=O) groups excluding carboxylic acids is 1. The fourth-order valence-electron chi connectivity index (χ4n) is 2.21. The van der Waals surface area contributed by atoms with Gasteiger partial charge in [0.15, 0.2) is 0 Å². The lowest BCUT2D eigenvalue weighted by Gasteiger charge is -2.33. The SMILES string of the molecule is CCN(C(=O)NCC(=O)O)C1CCCCC1. The number of hydrogen-bond acceptors (Lipinski definition) is 2. The Morgan fingerprint density at radius 1 is 1.31 bits per heavy atom. The van der Waals surface area contributed by atoms with Crippen LogP contribution in [0.25, 0.3) is 0 Å². The van der Waals surface area contributed by atoms with Crippen molar-refractivity contribution in [3.8, 4) is 0 Å². The third-order valence-corrected chi connectivity index (χ3v) is 3.01. The number of carboxylic acids is 1. The molecule has 16 heavy (non-hydrogen) atoms. The van der Waals surface area contributed by atoms with Crippen molar-refractivity contribution in [3.05, 3.63) is 0 Å². The van der Waals surface area contributed by atoms with Gasteiger partial charge in [0.2, 0.25) is 0 Å². The van der Waals surface area contributed by atoms with E-state index in [1.54, 1.807) is 4.90 Å². The predicted octanol–water partition coefficient (Wildman–Crippen LogP) is 1.44. The number of carbonyl (C=O) groups is 2. The van der Waals surface area contributed by atoms with Crippen LogP contribution < -0.4 is 5.32 Å². The zero-order chi connectivity index (χ0) is 12.0. The average Bonchev–Trinajstić information content (AvgIpc) is 2.29. The van der Waals surface area contributed by atoms with Crippen LogP contribution in [-0.2, 0) is 4.79 Å². The highest BCUT2D eigenvalue weighted by molar-refractivity contribution is 5.80. The van der Waals surface area contributed by atoms with E-state index in [1.165, 1.54) is 6.42 Å². The van der Waals surface area contributed by atoms with Crippen molar-refractivity contribution < 1.29 is 14.7 Å². The molecule has 0 spiro atoms. The molecule has 92 valence electrons. The molecule has 1 rings (SSSR count). The Hall–Kier alpha value is -1.26. The van der Waals surface area contributed by atoms with Gasteiger partial charge in [-0.05, 0) is 19.8 Å². The summed E-state index contributed by atoms with van der Waals surface area (Å²) in [7, 11) is 0. The number of nitrogens with one attached hydrogen (secondary N) is 1. The van der Waals surface area contributed by atoms with Crippen LogP contribution in [-0.4, -0.2) is 41.1 Å². The van der Waals surface area contributed by atoms with E-state index in [4.69, 9.17) is 5.11 Å². The van der Waals surface area contributed by atoms with Crippen LogP contribution in [0.2, 0.25) is 0 Å². The quantitative estimate of drug-likeness (QED) is 0.764. The number of nitrogens with zero attached hydrogens (tertiary/aromatic N) is 1. The zero-order valence-electron chi connectivity index (χ0n) is 9.74. The molecule has 0 radical (unpaired) electrons. The molecule has 0 unspecified atom stereocenters. The molecular weight excluding hydrogens is 208 g/mol. The van der Waals surface area contributed by atoms with Gasteiger partial charge >= 0.3 is 12.0 Å². The molecule has 0 aromatic rings. The fourth-order valence-corrected chi connectivity index (χ4v) is 2.21. The summed E-state index contributed by atoms with van der Waals surface area (Å²) in [6.45, 7) is 2.26. The highest BCUT2D eigenvalue weighted by Gasteiger charge is 2.23. The van der Waals surface area contributed by atoms with Crippen LogP contribution in [0, 0.1) is 0 Å². The van der Waals surface area contributed by atoms with Gasteiger partial charge in [-0.15, -0.1) is 0 Å². The second-order valence-electron chi connectivity index (χ2n) is 4.13. The van der Waals surface area contributed by atoms with Crippen molar-refractivity contribution in [1.29, 1.82) is 0 Å². The Morgan fingerprint density at radius 2 is 1.94 bits per heavy atom. The lowest BCUT2D eigenvalue weighted by atomic mass is 9.94. The summed E-state index contributed by atoms with van der Waals surface area (Å²) < 4.78 is 0. The van der Waals surface area contributed by atoms with Crippen molar-refractivity contribution >= 4 is 12.0 Å². The van der Waals surface area contributed by atoms with Crippen molar-refractivity contribution in [2.75, 3.05) is 13.1 Å². The molecule has 0 aliphatic heterocycles. The number of amides is 2. The zero-order valence-corrected chi connectivity index (χ0v) is 9.74. The third kappa shape index (κ3) is 3.72. The minimum atomic E-state index is -1.01. The largest absolute Gasteiger partial charge is 0.480 e. The summed E-state index contributed by atoms with van der Waals surface area (Å²) in [4.78, 5) is 23.8. The molecule has 5 heteroatoms. The van der Waals surface area contributed by atoms with Gasteiger partial charge in [-0.2, -0.15) is 0 Å². The van der Waals surface area contributed by atoms with Gasteiger partial charge in [0.1, 0.15) is 6.54 Å². The van der Waals surface area contributed by atoms with Crippen LogP contribution in [0.4, 0.5) is 4.79 Å². The topological polar surface area (TPSA) is 69.6 Å². The first kappa shape index (κ1) is 12.8. The predicted molar refractivity (Wildman–Crippen MR) is 60.3 cm³/mol. The molecule has 0 aromatic carbocycles. The monoisotopic (exact) mass is 228 g/mol. The first-order valence-corrected chi connectivity index (χ1v) is 5.91. The Bertz CT molecular complexity index is 250. The fraction of sp³-hybridized carbons (Fsp3) is 0.818. The Labute approximate surface area is 95.8 Å². The highest BCUT2D eigenvalue weighted by atomic mass is 16.4. The first-order valence-electron chi connectivity index (χ1n) is 5.91. The van der Waals surface area contributed by atoms with Crippen molar-refractivity contribution in [1.82, 2.24) is 10.2 Å². The molecule has 2 N–H and O–H groups in total. The maximum absolute atomic E-state index is 11.7. The van der Waals surface area contributed by atoms with Crippen LogP contribution in [0.5, 0.6) is 0 Å². The number of rotatable bonds is 4. The smallest absolute Gasteiger partial charge is 0.323 e. The molecule has 0 bridgehead atoms. The van der Waals surface area contributed by atoms with Gasteiger partial charge in [0.05, 0.1) is 0 Å². The highest BCUT2D eigenvalue weighted by Crippen LogP contribution is 2.22. The van der Waals surface area contributed by atoms with Gasteiger partial charge in [-0.3, -0.25) is 4.79 Å². The van der Waals surface area contributed by atoms with E-state index >= 15 is 0 Å². The van der Waals surface area contributed by atoms with Gasteiger partial charge in [-0.25, -0.2) is 4.79 Å². The third-order valence-electron chi connectivity index (χ3n) is 3.01. The minimum absolute atomic E-state index is 0.253. The molecule has 0 atom stereocenters. The minimum Gasteiger partial charge on any atom is -0.480 e. The summed E-state index contributed by atoms with van der Waals surface area (Å²) in [6, 6.07) is 0.0318. The van der Waals surface area contributed by atoms with Crippen LogP contribution in [0.15, 0.2) is 0 Å². The number of urea groups is 1. The van der Waals surface area contributed by atoms with Crippen molar-refractivity contribution in [3.63, 3.8) is 0 Å². The second kappa shape index (κ2) is 6.35.